The molecule has 6 nitrogen and oxygen atoms in total. The van der Waals surface area contributed by atoms with Gasteiger partial charge in [0.25, 0.3) is 5.91 Å². The average Bonchev–Trinajstić information content (AvgIpc) is 3.80. The minimum Gasteiger partial charge on any atom is -0.497 e. The lowest BCUT2D eigenvalue weighted by atomic mass is 9.78. The minimum absolute atomic E-state index is 0.0305. The number of carbonyl (C=O) groups is 2. The molecule has 0 bridgehead atoms. The molecule has 2 atom stereocenters. The molecule has 3 aromatic rings. The van der Waals surface area contributed by atoms with Crippen LogP contribution in [0.1, 0.15) is 57.4 Å². The molecule has 1 aliphatic carbocycles. The molecular weight excluding hydrogens is 474 g/mol. The average molecular weight is 510 g/mol. The number of benzene rings is 3. The highest BCUT2D eigenvalue weighted by Crippen LogP contribution is 2.48. The van der Waals surface area contributed by atoms with Crippen LogP contribution in [-0.4, -0.2) is 65.8 Å². The third-order valence-electron chi connectivity index (χ3n) is 8.23. The zero-order chi connectivity index (χ0) is 26.2. The van der Waals surface area contributed by atoms with E-state index in [1.165, 1.54) is 11.1 Å². The van der Waals surface area contributed by atoms with Gasteiger partial charge in [-0.3, -0.25) is 14.5 Å². The van der Waals surface area contributed by atoms with Crippen molar-refractivity contribution < 1.29 is 14.3 Å². The molecule has 2 amide bonds. The Balaban J connectivity index is 1.30. The first-order valence-electron chi connectivity index (χ1n) is 13.7. The standard InChI is InChI=1S/C32H35N3O3/c1-22-10-12-23(13-11-22)21-33-16-18-34(19-17-33)32(37)29-27-8-3-4-9-28(27)31(36)35(25-14-15-25)30(29)24-6-5-7-26(20-24)38-2/h3-13,20,25,29-30H,14-19,21H2,1-2H3/t29-,30-/m0/s1. The molecule has 0 aromatic heterocycles. The maximum atomic E-state index is 14.4. The van der Waals surface area contributed by atoms with E-state index in [9.17, 15) is 9.59 Å². The van der Waals surface area contributed by atoms with E-state index in [4.69, 9.17) is 4.74 Å². The van der Waals surface area contributed by atoms with E-state index in [2.05, 4.69) is 36.1 Å². The van der Waals surface area contributed by atoms with Gasteiger partial charge in [0.05, 0.1) is 19.1 Å². The first-order valence-corrected chi connectivity index (χ1v) is 13.7. The summed E-state index contributed by atoms with van der Waals surface area (Å²) in [5.74, 6) is 0.432. The second kappa shape index (κ2) is 10.3. The summed E-state index contributed by atoms with van der Waals surface area (Å²) < 4.78 is 5.53. The number of hydrogen-bond acceptors (Lipinski definition) is 4. The van der Waals surface area contributed by atoms with Crippen molar-refractivity contribution in [2.75, 3.05) is 33.3 Å². The fourth-order valence-electron chi connectivity index (χ4n) is 6.03. The molecule has 3 aromatic carbocycles. The number of rotatable bonds is 6. The van der Waals surface area contributed by atoms with Gasteiger partial charge in [0.2, 0.25) is 5.91 Å². The van der Waals surface area contributed by atoms with Gasteiger partial charge in [0.1, 0.15) is 5.75 Å². The molecule has 2 aliphatic heterocycles. The number of piperazine rings is 1. The Labute approximate surface area is 224 Å². The number of methoxy groups -OCH3 is 1. The van der Waals surface area contributed by atoms with Gasteiger partial charge >= 0.3 is 0 Å². The summed E-state index contributed by atoms with van der Waals surface area (Å²) in [6.07, 6.45) is 1.96. The third-order valence-corrected chi connectivity index (χ3v) is 8.23. The van der Waals surface area contributed by atoms with Gasteiger partial charge in [-0.2, -0.15) is 0 Å². The highest BCUT2D eigenvalue weighted by Gasteiger charge is 2.50. The topological polar surface area (TPSA) is 53.1 Å². The Morgan fingerprint density at radius 2 is 1.66 bits per heavy atom. The second-order valence-corrected chi connectivity index (χ2v) is 10.8. The van der Waals surface area contributed by atoms with Crippen molar-refractivity contribution in [3.8, 4) is 5.75 Å². The first kappa shape index (κ1) is 24.7. The van der Waals surface area contributed by atoms with Crippen LogP contribution in [0.5, 0.6) is 5.75 Å². The number of nitrogens with zero attached hydrogens (tertiary/aromatic N) is 3. The molecular formula is C32H35N3O3. The van der Waals surface area contributed by atoms with Crippen molar-refractivity contribution in [2.24, 2.45) is 0 Å². The van der Waals surface area contributed by atoms with Gasteiger partial charge in [-0.1, -0.05) is 60.2 Å². The van der Waals surface area contributed by atoms with Crippen LogP contribution in [0.3, 0.4) is 0 Å². The fraction of sp³-hybridized carbons (Fsp3) is 0.375. The Bertz CT molecular complexity index is 1330. The number of hydrogen-bond donors (Lipinski definition) is 0. The van der Waals surface area contributed by atoms with E-state index in [0.717, 1.165) is 49.4 Å². The molecule has 1 saturated carbocycles. The van der Waals surface area contributed by atoms with E-state index in [1.807, 2.05) is 58.3 Å². The van der Waals surface area contributed by atoms with E-state index in [-0.39, 0.29) is 23.9 Å². The van der Waals surface area contributed by atoms with Crippen molar-refractivity contribution in [1.82, 2.24) is 14.7 Å². The minimum atomic E-state index is -0.444. The molecule has 0 spiro atoms. The summed E-state index contributed by atoms with van der Waals surface area (Å²) in [5, 5.41) is 0. The molecule has 0 unspecified atom stereocenters. The van der Waals surface area contributed by atoms with Crippen molar-refractivity contribution in [1.29, 1.82) is 0 Å². The molecule has 0 radical (unpaired) electrons. The maximum Gasteiger partial charge on any atom is 0.254 e. The van der Waals surface area contributed by atoms with Gasteiger partial charge in [-0.05, 0) is 54.7 Å². The van der Waals surface area contributed by atoms with Crippen LogP contribution in [0.4, 0.5) is 0 Å². The maximum absolute atomic E-state index is 14.4. The van der Waals surface area contributed by atoms with E-state index >= 15 is 0 Å². The zero-order valence-corrected chi connectivity index (χ0v) is 22.2. The summed E-state index contributed by atoms with van der Waals surface area (Å²) >= 11 is 0. The van der Waals surface area contributed by atoms with Gasteiger partial charge < -0.3 is 14.5 Å². The van der Waals surface area contributed by atoms with E-state index in [0.29, 0.717) is 18.7 Å². The molecule has 3 aliphatic rings. The molecule has 6 rings (SSSR count). The Hall–Kier alpha value is -3.64. The summed E-state index contributed by atoms with van der Waals surface area (Å²) in [6.45, 7) is 6.04. The van der Waals surface area contributed by atoms with Crippen molar-refractivity contribution in [2.45, 2.75) is 44.3 Å². The monoisotopic (exact) mass is 509 g/mol. The van der Waals surface area contributed by atoms with Crippen LogP contribution < -0.4 is 4.74 Å². The normalized spacial score (nSPS) is 21.8. The molecule has 6 heteroatoms. The summed E-state index contributed by atoms with van der Waals surface area (Å²) in [4.78, 5) is 34.6. The van der Waals surface area contributed by atoms with Crippen molar-refractivity contribution in [3.05, 3.63) is 101 Å². The van der Waals surface area contributed by atoms with Crippen LogP contribution >= 0.6 is 0 Å². The van der Waals surface area contributed by atoms with E-state index < -0.39 is 5.92 Å². The molecule has 196 valence electrons. The van der Waals surface area contributed by atoms with Crippen LogP contribution in [-0.2, 0) is 11.3 Å². The molecule has 0 N–H and O–H groups in total. The van der Waals surface area contributed by atoms with Crippen molar-refractivity contribution >= 4 is 11.8 Å². The lowest BCUT2D eigenvalue weighted by molar-refractivity contribution is -0.136. The van der Waals surface area contributed by atoms with Gasteiger partial charge in [-0.15, -0.1) is 0 Å². The van der Waals surface area contributed by atoms with Crippen LogP contribution in [0.25, 0.3) is 0 Å². The number of amides is 2. The number of fused-ring (bicyclic) bond motifs is 1. The lowest BCUT2D eigenvalue weighted by Gasteiger charge is -2.45. The van der Waals surface area contributed by atoms with Crippen LogP contribution in [0.15, 0.2) is 72.8 Å². The number of carbonyl (C=O) groups excluding carboxylic acids is 2. The lowest BCUT2D eigenvalue weighted by Crippen LogP contribution is -2.53. The number of ether oxygens (including phenoxy) is 1. The molecule has 38 heavy (non-hydrogen) atoms. The van der Waals surface area contributed by atoms with Crippen LogP contribution in [0.2, 0.25) is 0 Å². The highest BCUT2D eigenvalue weighted by atomic mass is 16.5. The highest BCUT2D eigenvalue weighted by molar-refractivity contribution is 6.01. The first-order chi connectivity index (χ1) is 18.5. The summed E-state index contributed by atoms with van der Waals surface area (Å²) in [5.41, 5.74) is 5.02. The van der Waals surface area contributed by atoms with Crippen molar-refractivity contribution in [3.63, 3.8) is 0 Å². The SMILES string of the molecule is COc1cccc([C@H]2[C@@H](C(=O)N3CCN(Cc4ccc(C)cc4)CC3)c3ccccc3C(=O)N2C2CC2)c1. The smallest absolute Gasteiger partial charge is 0.254 e. The summed E-state index contributed by atoms with van der Waals surface area (Å²) in [7, 11) is 1.65. The predicted molar refractivity (Wildman–Crippen MR) is 147 cm³/mol. The third kappa shape index (κ3) is 4.69. The quantitative estimate of drug-likeness (QED) is 0.480. The number of aryl methyl sites for hydroxylation is 1. The Morgan fingerprint density at radius 3 is 2.37 bits per heavy atom. The molecule has 2 heterocycles. The second-order valence-electron chi connectivity index (χ2n) is 10.8. The Morgan fingerprint density at radius 1 is 0.921 bits per heavy atom. The summed E-state index contributed by atoms with van der Waals surface area (Å²) in [6, 6.07) is 24.1. The van der Waals surface area contributed by atoms with Gasteiger partial charge in [0, 0.05) is 44.3 Å². The van der Waals surface area contributed by atoms with Gasteiger partial charge in [-0.25, -0.2) is 0 Å². The predicted octanol–water partition coefficient (Wildman–Crippen LogP) is 4.79. The fourth-order valence-corrected chi connectivity index (χ4v) is 6.03. The zero-order valence-electron chi connectivity index (χ0n) is 22.2. The molecule has 1 saturated heterocycles. The largest absolute Gasteiger partial charge is 0.497 e. The Kier molecular flexibility index (Phi) is 6.66. The molecule has 2 fully saturated rings. The van der Waals surface area contributed by atoms with Gasteiger partial charge in [0.15, 0.2) is 0 Å². The van der Waals surface area contributed by atoms with Crippen LogP contribution in [0, 0.1) is 6.92 Å². The van der Waals surface area contributed by atoms with E-state index in [1.54, 1.807) is 7.11 Å².